The van der Waals surface area contributed by atoms with Crippen molar-refractivity contribution in [2.75, 3.05) is 12.4 Å². The summed E-state index contributed by atoms with van der Waals surface area (Å²) < 4.78 is 2.08. The van der Waals surface area contributed by atoms with Crippen molar-refractivity contribution in [3.05, 3.63) is 24.0 Å². The van der Waals surface area contributed by atoms with Gasteiger partial charge in [0.1, 0.15) is 5.82 Å². The van der Waals surface area contributed by atoms with Gasteiger partial charge < -0.3 is 9.67 Å². The molecule has 4 heteroatoms. The first kappa shape index (κ1) is 10.5. The molecule has 0 aliphatic heterocycles. The van der Waals surface area contributed by atoms with Gasteiger partial charge in [0.05, 0.1) is 17.6 Å². The third-order valence-corrected chi connectivity index (χ3v) is 3.41. The average molecular weight is 222 g/mol. The first-order valence-electron chi connectivity index (χ1n) is 4.89. The van der Waals surface area contributed by atoms with Crippen molar-refractivity contribution in [1.29, 1.82) is 0 Å². The molecule has 1 heterocycles. The van der Waals surface area contributed by atoms with Crippen molar-refractivity contribution in [3.63, 3.8) is 0 Å². The number of hydrogen-bond donors (Lipinski definition) is 1. The number of hydrogen-bond acceptors (Lipinski definition) is 3. The summed E-state index contributed by atoms with van der Waals surface area (Å²) in [6.45, 7) is 2.21. The number of rotatable bonds is 3. The molecule has 1 aromatic carbocycles. The first-order valence-corrected chi connectivity index (χ1v) is 5.87. The van der Waals surface area contributed by atoms with Crippen molar-refractivity contribution in [2.24, 2.45) is 7.05 Å². The molecule has 0 aliphatic carbocycles. The minimum absolute atomic E-state index is 0.212. The third-order valence-electron chi connectivity index (χ3n) is 2.44. The minimum atomic E-state index is 0.212. The van der Waals surface area contributed by atoms with Crippen LogP contribution in [0.15, 0.2) is 23.1 Å². The lowest BCUT2D eigenvalue weighted by atomic mass is 10.3. The largest absolute Gasteiger partial charge is 0.396 e. The van der Waals surface area contributed by atoms with E-state index in [0.29, 0.717) is 0 Å². The van der Waals surface area contributed by atoms with Crippen LogP contribution in [0, 0.1) is 6.92 Å². The fourth-order valence-electron chi connectivity index (χ4n) is 1.55. The molecule has 0 spiro atoms. The molecular formula is C11H14N2OS. The highest BCUT2D eigenvalue weighted by Crippen LogP contribution is 2.23. The van der Waals surface area contributed by atoms with Gasteiger partial charge >= 0.3 is 0 Å². The summed E-state index contributed by atoms with van der Waals surface area (Å²) in [5, 5.41) is 8.75. The second-order valence-electron chi connectivity index (χ2n) is 3.44. The van der Waals surface area contributed by atoms with E-state index in [9.17, 15) is 0 Å². The van der Waals surface area contributed by atoms with E-state index >= 15 is 0 Å². The highest BCUT2D eigenvalue weighted by molar-refractivity contribution is 7.99. The molecule has 15 heavy (non-hydrogen) atoms. The fraction of sp³-hybridized carbons (Fsp3) is 0.364. The molecular weight excluding hydrogens is 208 g/mol. The second-order valence-corrected chi connectivity index (χ2v) is 4.61. The molecule has 1 aromatic heterocycles. The van der Waals surface area contributed by atoms with Gasteiger partial charge in [0.2, 0.25) is 0 Å². The Morgan fingerprint density at radius 1 is 1.47 bits per heavy atom. The van der Waals surface area contributed by atoms with Crippen LogP contribution in [0.3, 0.4) is 0 Å². The number of fused-ring (bicyclic) bond motifs is 1. The zero-order valence-corrected chi connectivity index (χ0v) is 9.71. The molecule has 0 saturated carbocycles. The highest BCUT2D eigenvalue weighted by Gasteiger charge is 2.04. The average Bonchev–Trinajstić information content (AvgIpc) is 2.52. The van der Waals surface area contributed by atoms with Crippen molar-refractivity contribution in [3.8, 4) is 0 Å². The Balaban J connectivity index is 2.39. The Morgan fingerprint density at radius 3 is 3.00 bits per heavy atom. The maximum Gasteiger partial charge on any atom is 0.106 e. The summed E-state index contributed by atoms with van der Waals surface area (Å²) >= 11 is 1.65. The predicted octanol–water partition coefficient (Wildman–Crippen LogP) is 1.97. The van der Waals surface area contributed by atoms with Crippen LogP contribution in [0.2, 0.25) is 0 Å². The molecule has 3 nitrogen and oxygen atoms in total. The van der Waals surface area contributed by atoms with E-state index in [1.54, 1.807) is 11.8 Å². The van der Waals surface area contributed by atoms with Gasteiger partial charge in [0, 0.05) is 17.7 Å². The van der Waals surface area contributed by atoms with Gasteiger partial charge in [0.15, 0.2) is 0 Å². The van der Waals surface area contributed by atoms with E-state index in [1.807, 2.05) is 14.0 Å². The smallest absolute Gasteiger partial charge is 0.106 e. The summed E-state index contributed by atoms with van der Waals surface area (Å²) in [4.78, 5) is 5.63. The van der Waals surface area contributed by atoms with E-state index in [1.165, 1.54) is 0 Å². The lowest BCUT2D eigenvalue weighted by Gasteiger charge is -2.00. The van der Waals surface area contributed by atoms with Gasteiger partial charge in [0.25, 0.3) is 0 Å². The van der Waals surface area contributed by atoms with Crippen LogP contribution in [0.1, 0.15) is 5.82 Å². The zero-order valence-electron chi connectivity index (χ0n) is 8.90. The Hall–Kier alpha value is -1.00. The Kier molecular flexibility index (Phi) is 2.98. The molecule has 0 atom stereocenters. The van der Waals surface area contributed by atoms with Gasteiger partial charge in [-0.25, -0.2) is 4.98 Å². The Labute approximate surface area is 93.1 Å². The standard InChI is InChI=1S/C11H14N2OS/c1-8-12-10-7-9(15-6-5-14)3-4-11(10)13(8)2/h3-4,7,14H,5-6H2,1-2H3. The van der Waals surface area contributed by atoms with Crippen LogP contribution in [0.5, 0.6) is 0 Å². The highest BCUT2D eigenvalue weighted by atomic mass is 32.2. The molecule has 0 fully saturated rings. The third kappa shape index (κ3) is 2.01. The molecule has 0 unspecified atom stereocenters. The monoisotopic (exact) mass is 222 g/mol. The molecule has 0 radical (unpaired) electrons. The Bertz CT molecular complexity index is 479. The molecule has 80 valence electrons. The molecule has 2 aromatic rings. The summed E-state index contributed by atoms with van der Waals surface area (Å²) in [6, 6.07) is 6.22. The van der Waals surface area contributed by atoms with Crippen molar-refractivity contribution >= 4 is 22.8 Å². The number of nitrogens with zero attached hydrogens (tertiary/aromatic N) is 2. The topological polar surface area (TPSA) is 38.1 Å². The number of thioether (sulfide) groups is 1. The van der Waals surface area contributed by atoms with Gasteiger partial charge in [-0.05, 0) is 25.1 Å². The van der Waals surface area contributed by atoms with E-state index < -0.39 is 0 Å². The van der Waals surface area contributed by atoms with Gasteiger partial charge in [-0.15, -0.1) is 11.8 Å². The number of aryl methyl sites for hydroxylation is 2. The van der Waals surface area contributed by atoms with Crippen LogP contribution >= 0.6 is 11.8 Å². The summed E-state index contributed by atoms with van der Waals surface area (Å²) in [5.74, 6) is 1.76. The molecule has 2 rings (SSSR count). The number of benzene rings is 1. The van der Waals surface area contributed by atoms with E-state index in [4.69, 9.17) is 5.11 Å². The SMILES string of the molecule is Cc1nc2cc(SCCO)ccc2n1C. The quantitative estimate of drug-likeness (QED) is 0.807. The summed E-state index contributed by atoms with van der Waals surface area (Å²) in [7, 11) is 2.02. The predicted molar refractivity (Wildman–Crippen MR) is 63.3 cm³/mol. The number of imidazole rings is 1. The maximum absolute atomic E-state index is 8.75. The minimum Gasteiger partial charge on any atom is -0.396 e. The van der Waals surface area contributed by atoms with Gasteiger partial charge in [-0.2, -0.15) is 0 Å². The molecule has 0 amide bonds. The van der Waals surface area contributed by atoms with E-state index in [0.717, 1.165) is 27.5 Å². The van der Waals surface area contributed by atoms with Crippen molar-refractivity contribution in [1.82, 2.24) is 9.55 Å². The normalized spacial score (nSPS) is 11.1. The van der Waals surface area contributed by atoms with E-state index in [-0.39, 0.29) is 6.61 Å². The lowest BCUT2D eigenvalue weighted by Crippen LogP contribution is -1.89. The van der Waals surface area contributed by atoms with Crippen LogP contribution in [0.4, 0.5) is 0 Å². The molecule has 0 saturated heterocycles. The van der Waals surface area contributed by atoms with Gasteiger partial charge in [-0.1, -0.05) is 0 Å². The van der Waals surface area contributed by atoms with Crippen molar-refractivity contribution in [2.45, 2.75) is 11.8 Å². The van der Waals surface area contributed by atoms with Gasteiger partial charge in [-0.3, -0.25) is 0 Å². The molecule has 0 bridgehead atoms. The van der Waals surface area contributed by atoms with Crippen LogP contribution in [0.25, 0.3) is 11.0 Å². The van der Waals surface area contributed by atoms with Crippen LogP contribution in [-0.2, 0) is 7.05 Å². The molecule has 0 aliphatic rings. The first-order chi connectivity index (χ1) is 7.22. The second kappa shape index (κ2) is 4.24. The Morgan fingerprint density at radius 2 is 2.27 bits per heavy atom. The van der Waals surface area contributed by atoms with Crippen molar-refractivity contribution < 1.29 is 5.11 Å². The van der Waals surface area contributed by atoms with Crippen LogP contribution < -0.4 is 0 Å². The summed E-state index contributed by atoms with van der Waals surface area (Å²) in [6.07, 6.45) is 0. The number of aliphatic hydroxyl groups excluding tert-OH is 1. The molecule has 1 N–H and O–H groups in total. The van der Waals surface area contributed by atoms with E-state index in [2.05, 4.69) is 27.8 Å². The zero-order chi connectivity index (χ0) is 10.8. The number of aliphatic hydroxyl groups is 1. The van der Waals surface area contributed by atoms with Crippen LogP contribution in [-0.4, -0.2) is 27.0 Å². The lowest BCUT2D eigenvalue weighted by molar-refractivity contribution is 0.322. The summed E-state index contributed by atoms with van der Waals surface area (Å²) in [5.41, 5.74) is 2.18. The fourth-order valence-corrected chi connectivity index (χ4v) is 2.24. The maximum atomic E-state index is 8.75. The number of aromatic nitrogens is 2.